The summed E-state index contributed by atoms with van der Waals surface area (Å²) in [5.41, 5.74) is 0. The lowest BCUT2D eigenvalue weighted by molar-refractivity contribution is -0.126. The van der Waals surface area contributed by atoms with E-state index < -0.39 is 0 Å². The van der Waals surface area contributed by atoms with Gasteiger partial charge >= 0.3 is 0 Å². The van der Waals surface area contributed by atoms with Gasteiger partial charge in [-0.25, -0.2) is 0 Å². The third-order valence-corrected chi connectivity index (χ3v) is 4.58. The highest BCUT2D eigenvalue weighted by Crippen LogP contribution is 2.29. The summed E-state index contributed by atoms with van der Waals surface area (Å²) in [6, 6.07) is 0. The topological polar surface area (TPSA) is 47.6 Å². The van der Waals surface area contributed by atoms with Crippen molar-refractivity contribution in [1.82, 2.24) is 5.32 Å². The summed E-state index contributed by atoms with van der Waals surface area (Å²) in [5.74, 6) is -0.0542. The van der Waals surface area contributed by atoms with Crippen molar-refractivity contribution in [2.75, 3.05) is 39.7 Å². The van der Waals surface area contributed by atoms with Crippen LogP contribution in [0.5, 0.6) is 0 Å². The average molecular weight is 263 g/mol. The minimum atomic E-state index is -0.0542. The Hall–Kier alpha value is -0.260. The first-order chi connectivity index (χ1) is 8.14. The Labute approximate surface area is 109 Å². The zero-order chi connectivity index (χ0) is 13.1. The molecule has 0 saturated carbocycles. The molecule has 0 unspecified atom stereocenters. The molecule has 5 heteroatoms. The van der Waals surface area contributed by atoms with Crippen LogP contribution < -0.4 is 5.32 Å². The maximum atomic E-state index is 11.5. The lowest BCUT2D eigenvalue weighted by Gasteiger charge is -2.29. The molecule has 0 radical (unpaired) electrons. The second-order valence-electron chi connectivity index (χ2n) is 3.92. The van der Waals surface area contributed by atoms with Crippen LogP contribution >= 0.6 is 11.8 Å². The first-order valence-corrected chi connectivity index (χ1v) is 7.25. The quantitative estimate of drug-likeness (QED) is 0.609. The second kappa shape index (κ2) is 9.74. The highest BCUT2D eigenvalue weighted by Gasteiger charge is 2.25. The number of carbonyl (C=O) groups excluding carboxylic acids is 1. The fraction of sp³-hybridized carbons (Fsp3) is 0.917. The Morgan fingerprint density at radius 2 is 1.94 bits per heavy atom. The molecule has 0 aromatic rings. The van der Waals surface area contributed by atoms with E-state index in [1.807, 2.05) is 11.8 Å². The third kappa shape index (κ3) is 6.91. The van der Waals surface area contributed by atoms with E-state index in [0.29, 0.717) is 19.8 Å². The minimum absolute atomic E-state index is 0.0542. The maximum absolute atomic E-state index is 11.5. The number of carbonyl (C=O) groups is 1. The van der Waals surface area contributed by atoms with E-state index in [9.17, 15) is 4.79 Å². The Balaban J connectivity index is 3.81. The molecule has 0 bridgehead atoms. The molecule has 0 aromatic heterocycles. The largest absolute Gasteiger partial charge is 0.382 e. The van der Waals surface area contributed by atoms with Crippen LogP contribution in [-0.2, 0) is 14.3 Å². The predicted molar refractivity (Wildman–Crippen MR) is 72.5 cm³/mol. The first-order valence-electron chi connectivity index (χ1n) is 6.02. The highest BCUT2D eigenvalue weighted by atomic mass is 32.2. The summed E-state index contributed by atoms with van der Waals surface area (Å²) in [4.78, 5) is 11.5. The SMILES string of the molecule is CCC(CC)(CNC(=O)COCCOC)SC. The summed E-state index contributed by atoms with van der Waals surface area (Å²) in [6.07, 6.45) is 4.19. The zero-order valence-corrected chi connectivity index (χ0v) is 12.2. The number of amides is 1. The summed E-state index contributed by atoms with van der Waals surface area (Å²) >= 11 is 1.82. The maximum Gasteiger partial charge on any atom is 0.246 e. The van der Waals surface area contributed by atoms with Crippen LogP contribution in [-0.4, -0.2) is 50.4 Å². The van der Waals surface area contributed by atoms with Gasteiger partial charge in [0.25, 0.3) is 0 Å². The monoisotopic (exact) mass is 263 g/mol. The van der Waals surface area contributed by atoms with Crippen molar-refractivity contribution >= 4 is 17.7 Å². The van der Waals surface area contributed by atoms with Gasteiger partial charge in [-0.3, -0.25) is 4.79 Å². The van der Waals surface area contributed by atoms with E-state index in [0.717, 1.165) is 12.8 Å². The van der Waals surface area contributed by atoms with Crippen LogP contribution in [0.15, 0.2) is 0 Å². The van der Waals surface area contributed by atoms with Gasteiger partial charge in [-0.05, 0) is 19.1 Å². The molecule has 0 atom stereocenters. The molecule has 0 saturated heterocycles. The molecule has 4 nitrogen and oxygen atoms in total. The molecule has 0 fully saturated rings. The van der Waals surface area contributed by atoms with Crippen LogP contribution in [0.25, 0.3) is 0 Å². The lowest BCUT2D eigenvalue weighted by Crippen LogP contribution is -2.41. The van der Waals surface area contributed by atoms with E-state index in [1.165, 1.54) is 0 Å². The summed E-state index contributed by atoms with van der Waals surface area (Å²) < 4.78 is 10.1. The van der Waals surface area contributed by atoms with Gasteiger partial charge in [0.1, 0.15) is 6.61 Å². The molecule has 102 valence electrons. The van der Waals surface area contributed by atoms with Gasteiger partial charge in [0, 0.05) is 18.4 Å². The van der Waals surface area contributed by atoms with Crippen molar-refractivity contribution in [3.8, 4) is 0 Å². The average Bonchev–Trinajstić information content (AvgIpc) is 2.37. The molecule has 0 aliphatic carbocycles. The summed E-state index contributed by atoms with van der Waals surface area (Å²) in [7, 11) is 1.61. The number of thioether (sulfide) groups is 1. The van der Waals surface area contributed by atoms with Gasteiger partial charge in [-0.2, -0.15) is 11.8 Å². The van der Waals surface area contributed by atoms with Crippen molar-refractivity contribution in [2.24, 2.45) is 0 Å². The lowest BCUT2D eigenvalue weighted by atomic mass is 10.0. The molecule has 0 rings (SSSR count). The highest BCUT2D eigenvalue weighted by molar-refractivity contribution is 8.00. The van der Waals surface area contributed by atoms with Gasteiger partial charge < -0.3 is 14.8 Å². The number of nitrogens with one attached hydrogen (secondary N) is 1. The van der Waals surface area contributed by atoms with Crippen LogP contribution in [0, 0.1) is 0 Å². The molecule has 0 aliphatic rings. The Morgan fingerprint density at radius 3 is 2.41 bits per heavy atom. The normalized spacial score (nSPS) is 11.5. The summed E-state index contributed by atoms with van der Waals surface area (Å²) in [6.45, 7) is 6.10. The number of rotatable bonds is 10. The number of hydrogen-bond donors (Lipinski definition) is 1. The molecule has 1 amide bonds. The molecular weight excluding hydrogens is 238 g/mol. The molecule has 1 N–H and O–H groups in total. The fourth-order valence-electron chi connectivity index (χ4n) is 1.48. The van der Waals surface area contributed by atoms with E-state index in [4.69, 9.17) is 9.47 Å². The Kier molecular flexibility index (Phi) is 9.59. The van der Waals surface area contributed by atoms with E-state index in [2.05, 4.69) is 25.4 Å². The Morgan fingerprint density at radius 1 is 1.29 bits per heavy atom. The van der Waals surface area contributed by atoms with Gasteiger partial charge in [0.05, 0.1) is 13.2 Å². The third-order valence-electron chi connectivity index (χ3n) is 2.99. The molecule has 0 spiro atoms. The molecule has 0 heterocycles. The zero-order valence-electron chi connectivity index (χ0n) is 11.4. The van der Waals surface area contributed by atoms with Crippen LogP contribution in [0.3, 0.4) is 0 Å². The fourth-order valence-corrected chi connectivity index (χ4v) is 2.27. The van der Waals surface area contributed by atoms with Crippen molar-refractivity contribution < 1.29 is 14.3 Å². The van der Waals surface area contributed by atoms with E-state index in [1.54, 1.807) is 7.11 Å². The van der Waals surface area contributed by atoms with Crippen molar-refractivity contribution in [2.45, 2.75) is 31.4 Å². The smallest absolute Gasteiger partial charge is 0.246 e. The van der Waals surface area contributed by atoms with Crippen molar-refractivity contribution in [1.29, 1.82) is 0 Å². The standard InChI is InChI=1S/C12H25NO3S/c1-5-12(6-2,17-4)10-13-11(14)9-16-8-7-15-3/h5-10H2,1-4H3,(H,13,14). The van der Waals surface area contributed by atoms with Crippen molar-refractivity contribution in [3.05, 3.63) is 0 Å². The number of hydrogen-bond acceptors (Lipinski definition) is 4. The molecule has 0 aliphatic heterocycles. The number of ether oxygens (including phenoxy) is 2. The van der Waals surface area contributed by atoms with Crippen LogP contribution in [0.2, 0.25) is 0 Å². The van der Waals surface area contributed by atoms with Gasteiger partial charge in [0.2, 0.25) is 5.91 Å². The predicted octanol–water partition coefficient (Wildman–Crippen LogP) is 1.69. The molecular formula is C12H25NO3S. The van der Waals surface area contributed by atoms with E-state index in [-0.39, 0.29) is 17.3 Å². The molecule has 0 aromatic carbocycles. The second-order valence-corrected chi connectivity index (χ2v) is 5.19. The van der Waals surface area contributed by atoms with Crippen molar-refractivity contribution in [3.63, 3.8) is 0 Å². The molecule has 17 heavy (non-hydrogen) atoms. The Bertz CT molecular complexity index is 200. The summed E-state index contributed by atoms with van der Waals surface area (Å²) in [5, 5.41) is 2.93. The van der Waals surface area contributed by atoms with Crippen LogP contribution in [0.1, 0.15) is 26.7 Å². The van der Waals surface area contributed by atoms with Gasteiger partial charge in [0.15, 0.2) is 0 Å². The minimum Gasteiger partial charge on any atom is -0.382 e. The number of methoxy groups -OCH3 is 1. The first kappa shape index (κ1) is 16.7. The van der Waals surface area contributed by atoms with Gasteiger partial charge in [-0.1, -0.05) is 13.8 Å². The van der Waals surface area contributed by atoms with E-state index >= 15 is 0 Å². The van der Waals surface area contributed by atoms with Gasteiger partial charge in [-0.15, -0.1) is 0 Å². The van der Waals surface area contributed by atoms with Crippen LogP contribution in [0.4, 0.5) is 0 Å².